The zero-order valence-electron chi connectivity index (χ0n) is 18.5. The fourth-order valence-corrected chi connectivity index (χ4v) is 4.97. The summed E-state index contributed by atoms with van der Waals surface area (Å²) >= 11 is 0. The van der Waals surface area contributed by atoms with Crippen LogP contribution in [0.2, 0.25) is 0 Å². The van der Waals surface area contributed by atoms with Crippen molar-refractivity contribution in [1.82, 2.24) is 24.5 Å². The first-order valence-corrected chi connectivity index (χ1v) is 10.5. The Hall–Kier alpha value is -1.93. The number of nitrogens with zero attached hydrogens (tertiary/aromatic N) is 5. The molecule has 0 aromatic carbocycles. The highest BCUT2D eigenvalue weighted by Crippen LogP contribution is 2.43. The average molecular weight is 406 g/mol. The third-order valence-corrected chi connectivity index (χ3v) is 6.18. The van der Waals surface area contributed by atoms with Gasteiger partial charge in [0.2, 0.25) is 5.91 Å². The molecule has 3 heterocycles. The molecule has 3 rings (SSSR count). The van der Waals surface area contributed by atoms with Crippen molar-refractivity contribution in [3.05, 3.63) is 17.5 Å². The second kappa shape index (κ2) is 8.83. The molecule has 2 atom stereocenters. The number of likely N-dealkylation sites (tertiary alicyclic amines) is 2. The molecule has 0 spiro atoms. The van der Waals surface area contributed by atoms with Crippen LogP contribution >= 0.6 is 0 Å². The normalized spacial score (nSPS) is 23.9. The van der Waals surface area contributed by atoms with E-state index in [2.05, 4.69) is 31.0 Å². The largest absolute Gasteiger partial charge is 0.384 e. The maximum Gasteiger partial charge on any atom is 0.257 e. The molecule has 2 saturated heterocycles. The number of aromatic nitrogens is 2. The molecule has 8 nitrogen and oxygen atoms in total. The van der Waals surface area contributed by atoms with Crippen molar-refractivity contribution < 1.29 is 14.3 Å². The van der Waals surface area contributed by atoms with Crippen LogP contribution in [0.25, 0.3) is 0 Å². The molecule has 0 bridgehead atoms. The predicted octanol–water partition coefficient (Wildman–Crippen LogP) is 1.10. The summed E-state index contributed by atoms with van der Waals surface area (Å²) in [4.78, 5) is 31.9. The number of hydrogen-bond acceptors (Lipinski definition) is 5. The Morgan fingerprint density at radius 3 is 2.62 bits per heavy atom. The minimum Gasteiger partial charge on any atom is -0.384 e. The van der Waals surface area contributed by atoms with Gasteiger partial charge in [-0.1, -0.05) is 6.92 Å². The van der Waals surface area contributed by atoms with Crippen LogP contribution < -0.4 is 0 Å². The molecule has 0 saturated carbocycles. The summed E-state index contributed by atoms with van der Waals surface area (Å²) in [7, 11) is 5.74. The van der Waals surface area contributed by atoms with Gasteiger partial charge in [0.05, 0.1) is 24.3 Å². The summed E-state index contributed by atoms with van der Waals surface area (Å²) in [6.07, 6.45) is 3.29. The van der Waals surface area contributed by atoms with E-state index in [1.807, 2.05) is 27.6 Å². The molecule has 2 fully saturated rings. The molecular formula is C21H35N5O3. The lowest BCUT2D eigenvalue weighted by atomic mass is 9.80. The average Bonchev–Trinajstić information content (AvgIpc) is 3.28. The van der Waals surface area contributed by atoms with Crippen molar-refractivity contribution in [2.24, 2.45) is 11.3 Å². The molecule has 8 heteroatoms. The standard InChI is InChI=1S/C21H35N5O3/c1-6-8-26-12-18(16(2)22-26)20(28)25-11-17-10-24(19(27)7-9-29-5)14-21(17,15-25)13-23(3)4/h12,17H,6-11,13-15H2,1-5H3. The molecular weight excluding hydrogens is 370 g/mol. The first kappa shape index (κ1) is 21.8. The number of methoxy groups -OCH3 is 1. The number of ether oxygens (including phenoxy) is 1. The molecule has 0 radical (unpaired) electrons. The van der Waals surface area contributed by atoms with E-state index in [9.17, 15) is 9.59 Å². The van der Waals surface area contributed by atoms with Gasteiger partial charge in [0.1, 0.15) is 0 Å². The number of carbonyl (C=O) groups is 2. The van der Waals surface area contributed by atoms with Gasteiger partial charge in [-0.2, -0.15) is 5.10 Å². The molecule has 1 aromatic heterocycles. The minimum atomic E-state index is -0.0742. The number of rotatable bonds is 8. The van der Waals surface area contributed by atoms with Crippen molar-refractivity contribution in [3.8, 4) is 0 Å². The van der Waals surface area contributed by atoms with E-state index in [4.69, 9.17) is 4.74 Å². The van der Waals surface area contributed by atoms with Gasteiger partial charge in [-0.05, 0) is 27.4 Å². The molecule has 2 aliphatic heterocycles. The molecule has 1 aromatic rings. The van der Waals surface area contributed by atoms with E-state index in [0.29, 0.717) is 50.7 Å². The molecule has 0 aliphatic carbocycles. The Morgan fingerprint density at radius 2 is 1.97 bits per heavy atom. The lowest BCUT2D eigenvalue weighted by Crippen LogP contribution is -2.43. The third-order valence-electron chi connectivity index (χ3n) is 6.18. The van der Waals surface area contributed by atoms with Gasteiger partial charge in [-0.25, -0.2) is 0 Å². The van der Waals surface area contributed by atoms with Crippen LogP contribution in [-0.2, 0) is 16.1 Å². The van der Waals surface area contributed by atoms with E-state index in [1.54, 1.807) is 7.11 Å². The number of aryl methyl sites for hydroxylation is 2. The van der Waals surface area contributed by atoms with Crippen molar-refractivity contribution in [2.45, 2.75) is 33.2 Å². The Morgan fingerprint density at radius 1 is 1.28 bits per heavy atom. The molecule has 2 amide bonds. The van der Waals surface area contributed by atoms with E-state index >= 15 is 0 Å². The minimum absolute atomic E-state index is 0.0645. The molecule has 2 aliphatic rings. The monoisotopic (exact) mass is 405 g/mol. The van der Waals surface area contributed by atoms with E-state index in [1.165, 1.54) is 0 Å². The highest BCUT2D eigenvalue weighted by atomic mass is 16.5. The second-order valence-electron chi connectivity index (χ2n) is 8.89. The Kier molecular flexibility index (Phi) is 6.63. The molecule has 2 unspecified atom stereocenters. The first-order chi connectivity index (χ1) is 13.8. The van der Waals surface area contributed by atoms with E-state index < -0.39 is 0 Å². The van der Waals surface area contributed by atoms with Gasteiger partial charge in [-0.15, -0.1) is 0 Å². The van der Waals surface area contributed by atoms with Gasteiger partial charge in [-0.3, -0.25) is 14.3 Å². The van der Waals surface area contributed by atoms with Crippen LogP contribution in [0.1, 0.15) is 35.8 Å². The second-order valence-corrected chi connectivity index (χ2v) is 8.89. The van der Waals surface area contributed by atoms with Crippen molar-refractivity contribution in [2.75, 3.05) is 60.5 Å². The zero-order chi connectivity index (χ0) is 21.2. The molecule has 162 valence electrons. The molecule has 29 heavy (non-hydrogen) atoms. The number of fused-ring (bicyclic) bond motifs is 1. The third kappa shape index (κ3) is 4.48. The van der Waals surface area contributed by atoms with Gasteiger partial charge in [0, 0.05) is 63.9 Å². The van der Waals surface area contributed by atoms with Crippen molar-refractivity contribution in [3.63, 3.8) is 0 Å². The maximum absolute atomic E-state index is 13.3. The summed E-state index contributed by atoms with van der Waals surface area (Å²) < 4.78 is 6.93. The smallest absolute Gasteiger partial charge is 0.257 e. The van der Waals surface area contributed by atoms with Crippen LogP contribution in [0.3, 0.4) is 0 Å². The molecule has 0 N–H and O–H groups in total. The van der Waals surface area contributed by atoms with E-state index in [-0.39, 0.29) is 17.2 Å². The summed E-state index contributed by atoms with van der Waals surface area (Å²) in [5, 5.41) is 4.49. The van der Waals surface area contributed by atoms with Crippen LogP contribution in [0.15, 0.2) is 6.20 Å². The number of amides is 2. The summed E-state index contributed by atoms with van der Waals surface area (Å²) in [6.45, 7) is 8.94. The maximum atomic E-state index is 13.3. The van der Waals surface area contributed by atoms with Gasteiger partial charge in [0.25, 0.3) is 5.91 Å². The van der Waals surface area contributed by atoms with Crippen molar-refractivity contribution in [1.29, 1.82) is 0 Å². The number of carbonyl (C=O) groups excluding carboxylic acids is 2. The number of hydrogen-bond donors (Lipinski definition) is 0. The Labute approximate surface area is 173 Å². The lowest BCUT2D eigenvalue weighted by Gasteiger charge is -2.32. The SMILES string of the molecule is CCCn1cc(C(=O)N2CC3CN(C(=O)CCOC)CC3(CN(C)C)C2)c(C)n1. The van der Waals surface area contributed by atoms with Gasteiger partial charge in [0.15, 0.2) is 0 Å². The Bertz CT molecular complexity index is 747. The van der Waals surface area contributed by atoms with Gasteiger partial charge >= 0.3 is 0 Å². The lowest BCUT2D eigenvalue weighted by molar-refractivity contribution is -0.131. The van der Waals surface area contributed by atoms with Crippen LogP contribution in [0.5, 0.6) is 0 Å². The van der Waals surface area contributed by atoms with Crippen molar-refractivity contribution >= 4 is 11.8 Å². The summed E-state index contributed by atoms with van der Waals surface area (Å²) in [6, 6.07) is 0. The van der Waals surface area contributed by atoms with Gasteiger partial charge < -0.3 is 19.4 Å². The highest BCUT2D eigenvalue weighted by Gasteiger charge is 2.54. The highest BCUT2D eigenvalue weighted by molar-refractivity contribution is 5.95. The topological polar surface area (TPSA) is 70.9 Å². The zero-order valence-corrected chi connectivity index (χ0v) is 18.5. The summed E-state index contributed by atoms with van der Waals surface area (Å²) in [5.74, 6) is 0.509. The van der Waals surface area contributed by atoms with Crippen LogP contribution in [0, 0.1) is 18.3 Å². The predicted molar refractivity (Wildman–Crippen MR) is 111 cm³/mol. The van der Waals surface area contributed by atoms with Crippen LogP contribution in [-0.4, -0.2) is 96.8 Å². The van der Waals surface area contributed by atoms with E-state index in [0.717, 1.165) is 25.2 Å². The summed E-state index contributed by atoms with van der Waals surface area (Å²) in [5.41, 5.74) is 1.42. The quantitative estimate of drug-likeness (QED) is 0.648. The van der Waals surface area contributed by atoms with Crippen LogP contribution in [0.4, 0.5) is 0 Å². The Balaban J connectivity index is 1.75. The fourth-order valence-electron chi connectivity index (χ4n) is 4.97. The first-order valence-electron chi connectivity index (χ1n) is 10.5. The fraction of sp³-hybridized carbons (Fsp3) is 0.762.